The summed E-state index contributed by atoms with van der Waals surface area (Å²) >= 11 is 0. The molecule has 0 atom stereocenters. The molecule has 0 radical (unpaired) electrons. The summed E-state index contributed by atoms with van der Waals surface area (Å²) in [6, 6.07) is 10.1. The third-order valence-corrected chi connectivity index (χ3v) is 3.97. The molecule has 1 heterocycles. The van der Waals surface area contributed by atoms with E-state index in [9.17, 15) is 4.79 Å². The van der Waals surface area contributed by atoms with E-state index in [1.807, 2.05) is 49.8 Å². The van der Waals surface area contributed by atoms with Gasteiger partial charge in [-0.3, -0.25) is 9.48 Å². The third kappa shape index (κ3) is 2.46. The van der Waals surface area contributed by atoms with Crippen molar-refractivity contribution in [1.29, 1.82) is 0 Å². The minimum Gasteiger partial charge on any atom is -0.355 e. The van der Waals surface area contributed by atoms with E-state index in [2.05, 4.69) is 10.4 Å². The lowest BCUT2D eigenvalue weighted by atomic mass is 9.95. The van der Waals surface area contributed by atoms with Crippen LogP contribution in [0.25, 0.3) is 0 Å². The summed E-state index contributed by atoms with van der Waals surface area (Å²) < 4.78 is 1.78. The van der Waals surface area contributed by atoms with Crippen LogP contribution >= 0.6 is 0 Å². The Morgan fingerprint density at radius 2 is 2.10 bits per heavy atom. The smallest absolute Gasteiger partial charge is 0.230 e. The molecule has 0 spiro atoms. The first-order valence-corrected chi connectivity index (χ1v) is 7.02. The van der Waals surface area contributed by atoms with Gasteiger partial charge < -0.3 is 5.32 Å². The number of amides is 1. The van der Waals surface area contributed by atoms with Crippen LogP contribution in [0.5, 0.6) is 0 Å². The molecule has 1 amide bonds. The Balaban J connectivity index is 1.57. The van der Waals surface area contributed by atoms with Crippen molar-refractivity contribution in [3.8, 4) is 0 Å². The monoisotopic (exact) mass is 269 g/mol. The highest BCUT2D eigenvalue weighted by atomic mass is 16.2. The Morgan fingerprint density at radius 3 is 2.70 bits per heavy atom. The van der Waals surface area contributed by atoms with Crippen LogP contribution in [0, 0.1) is 0 Å². The molecule has 1 saturated carbocycles. The quantitative estimate of drug-likeness (QED) is 0.900. The molecule has 0 saturated heterocycles. The lowest BCUT2D eigenvalue weighted by molar-refractivity contribution is -0.123. The second-order valence-electron chi connectivity index (χ2n) is 5.48. The molecule has 1 aliphatic carbocycles. The highest BCUT2D eigenvalue weighted by Crippen LogP contribution is 2.48. The van der Waals surface area contributed by atoms with E-state index >= 15 is 0 Å². The normalized spacial score (nSPS) is 15.8. The van der Waals surface area contributed by atoms with Crippen LogP contribution in [0.3, 0.4) is 0 Å². The van der Waals surface area contributed by atoms with Crippen LogP contribution in [-0.2, 0) is 23.7 Å². The first-order chi connectivity index (χ1) is 9.71. The summed E-state index contributed by atoms with van der Waals surface area (Å²) in [5.41, 5.74) is 2.02. The number of hydrogen-bond donors (Lipinski definition) is 1. The van der Waals surface area contributed by atoms with Crippen molar-refractivity contribution >= 4 is 5.91 Å². The maximum Gasteiger partial charge on any atom is 0.230 e. The molecular formula is C16H19N3O. The van der Waals surface area contributed by atoms with E-state index in [1.165, 1.54) is 0 Å². The van der Waals surface area contributed by atoms with E-state index in [1.54, 1.807) is 4.68 Å². The van der Waals surface area contributed by atoms with Gasteiger partial charge >= 0.3 is 0 Å². The van der Waals surface area contributed by atoms with Gasteiger partial charge in [0.2, 0.25) is 5.91 Å². The van der Waals surface area contributed by atoms with Gasteiger partial charge in [0.25, 0.3) is 0 Å². The fraction of sp³-hybridized carbons (Fsp3) is 0.375. The van der Waals surface area contributed by atoms with Gasteiger partial charge in [-0.1, -0.05) is 30.3 Å². The second-order valence-corrected chi connectivity index (χ2v) is 5.48. The highest BCUT2D eigenvalue weighted by molar-refractivity contribution is 5.91. The molecule has 20 heavy (non-hydrogen) atoms. The molecule has 1 fully saturated rings. The van der Waals surface area contributed by atoms with Crippen LogP contribution in [-0.4, -0.2) is 22.2 Å². The number of hydrogen-bond acceptors (Lipinski definition) is 2. The topological polar surface area (TPSA) is 46.9 Å². The maximum atomic E-state index is 12.4. The molecule has 3 rings (SSSR count). The largest absolute Gasteiger partial charge is 0.355 e. The van der Waals surface area contributed by atoms with Crippen molar-refractivity contribution in [2.24, 2.45) is 7.05 Å². The zero-order chi connectivity index (χ0) is 14.0. The van der Waals surface area contributed by atoms with Gasteiger partial charge in [-0.15, -0.1) is 0 Å². The minimum atomic E-state index is -0.268. The lowest BCUT2D eigenvalue weighted by Gasteiger charge is -2.15. The molecule has 0 unspecified atom stereocenters. The molecule has 1 aromatic carbocycles. The van der Waals surface area contributed by atoms with E-state index in [0.29, 0.717) is 6.54 Å². The number of aromatic nitrogens is 2. The van der Waals surface area contributed by atoms with Crippen LogP contribution in [0.4, 0.5) is 0 Å². The Bertz CT molecular complexity index is 599. The fourth-order valence-corrected chi connectivity index (χ4v) is 2.62. The third-order valence-electron chi connectivity index (χ3n) is 3.97. The van der Waals surface area contributed by atoms with Crippen molar-refractivity contribution in [2.75, 3.05) is 6.54 Å². The number of nitrogens with one attached hydrogen (secondary N) is 1. The first kappa shape index (κ1) is 12.9. The van der Waals surface area contributed by atoms with Crippen molar-refractivity contribution in [3.05, 3.63) is 53.9 Å². The van der Waals surface area contributed by atoms with Gasteiger partial charge in [0.1, 0.15) is 0 Å². The SMILES string of the molecule is Cn1cc(CCNC(=O)C2(c3ccccc3)CC2)cn1. The summed E-state index contributed by atoms with van der Waals surface area (Å²) in [5, 5.41) is 7.19. The van der Waals surface area contributed by atoms with Crippen LogP contribution < -0.4 is 5.32 Å². The minimum absolute atomic E-state index is 0.160. The van der Waals surface area contributed by atoms with Crippen molar-refractivity contribution < 1.29 is 4.79 Å². The Hall–Kier alpha value is -2.10. The standard InChI is InChI=1S/C16H19N3O/c1-19-12-13(11-18-19)7-10-17-15(20)16(8-9-16)14-5-3-2-4-6-14/h2-6,11-12H,7-10H2,1H3,(H,17,20). The summed E-state index contributed by atoms with van der Waals surface area (Å²) in [6.07, 6.45) is 6.56. The Kier molecular flexibility index (Phi) is 3.30. The molecule has 0 aliphatic heterocycles. The van der Waals surface area contributed by atoms with Gasteiger partial charge in [-0.2, -0.15) is 5.10 Å². The average molecular weight is 269 g/mol. The zero-order valence-electron chi connectivity index (χ0n) is 11.7. The molecular weight excluding hydrogens is 250 g/mol. The lowest BCUT2D eigenvalue weighted by Crippen LogP contribution is -2.35. The van der Waals surface area contributed by atoms with E-state index in [0.717, 1.165) is 30.4 Å². The van der Waals surface area contributed by atoms with Gasteiger partial charge in [0, 0.05) is 19.8 Å². The number of carbonyl (C=O) groups excluding carboxylic acids is 1. The summed E-state index contributed by atoms with van der Waals surface area (Å²) in [6.45, 7) is 0.666. The fourth-order valence-electron chi connectivity index (χ4n) is 2.62. The molecule has 4 heteroatoms. The number of rotatable bonds is 5. The van der Waals surface area contributed by atoms with Gasteiger partial charge in [-0.05, 0) is 30.4 Å². The zero-order valence-corrected chi connectivity index (χ0v) is 11.7. The molecule has 4 nitrogen and oxygen atoms in total. The van der Waals surface area contributed by atoms with Crippen molar-refractivity contribution in [1.82, 2.24) is 15.1 Å². The van der Waals surface area contributed by atoms with Crippen molar-refractivity contribution in [2.45, 2.75) is 24.7 Å². The van der Waals surface area contributed by atoms with Crippen LogP contribution in [0.1, 0.15) is 24.0 Å². The van der Waals surface area contributed by atoms with Gasteiger partial charge in [0.15, 0.2) is 0 Å². The van der Waals surface area contributed by atoms with Gasteiger partial charge in [-0.25, -0.2) is 0 Å². The number of benzene rings is 1. The van der Waals surface area contributed by atoms with E-state index in [4.69, 9.17) is 0 Å². The molecule has 1 aromatic heterocycles. The predicted octanol–water partition coefficient (Wildman–Crippen LogP) is 1.81. The first-order valence-electron chi connectivity index (χ1n) is 7.02. The molecule has 2 aromatic rings. The summed E-state index contributed by atoms with van der Waals surface area (Å²) in [4.78, 5) is 12.4. The summed E-state index contributed by atoms with van der Waals surface area (Å²) in [5.74, 6) is 0.160. The average Bonchev–Trinajstić information content (AvgIpc) is 3.18. The molecule has 104 valence electrons. The number of carbonyl (C=O) groups is 1. The van der Waals surface area contributed by atoms with Crippen molar-refractivity contribution in [3.63, 3.8) is 0 Å². The Morgan fingerprint density at radius 1 is 1.35 bits per heavy atom. The van der Waals surface area contributed by atoms with Gasteiger partial charge in [0.05, 0.1) is 11.6 Å². The number of nitrogens with zero attached hydrogens (tertiary/aromatic N) is 2. The number of aryl methyl sites for hydroxylation is 1. The summed E-state index contributed by atoms with van der Waals surface area (Å²) in [7, 11) is 1.90. The predicted molar refractivity (Wildman–Crippen MR) is 77.3 cm³/mol. The molecule has 1 aliphatic rings. The Labute approximate surface area is 118 Å². The second kappa shape index (κ2) is 5.12. The highest BCUT2D eigenvalue weighted by Gasteiger charge is 2.50. The maximum absolute atomic E-state index is 12.4. The van der Waals surface area contributed by atoms with Crippen LogP contribution in [0.2, 0.25) is 0 Å². The van der Waals surface area contributed by atoms with E-state index < -0.39 is 0 Å². The van der Waals surface area contributed by atoms with E-state index in [-0.39, 0.29) is 11.3 Å². The molecule has 1 N–H and O–H groups in total. The van der Waals surface area contributed by atoms with Crippen LogP contribution in [0.15, 0.2) is 42.7 Å². The molecule has 0 bridgehead atoms.